The molecule has 1 amide bonds. The Kier molecular flexibility index (Phi) is 2.76. The van der Waals surface area contributed by atoms with Crippen LogP contribution in [0.15, 0.2) is 0 Å². The zero-order valence-corrected chi connectivity index (χ0v) is 12.4. The van der Waals surface area contributed by atoms with E-state index in [-0.39, 0.29) is 0 Å². The molecule has 0 spiro atoms. The molecule has 1 N–H and O–H groups in total. The van der Waals surface area contributed by atoms with Gasteiger partial charge in [-0.25, -0.2) is 0 Å². The van der Waals surface area contributed by atoms with Crippen LogP contribution in [0.3, 0.4) is 0 Å². The minimum Gasteiger partial charge on any atom is -0.353 e. The first-order chi connectivity index (χ1) is 8.79. The predicted octanol–water partition coefficient (Wildman–Crippen LogP) is 2.96. The highest BCUT2D eigenvalue weighted by Gasteiger charge is 2.67. The summed E-state index contributed by atoms with van der Waals surface area (Å²) in [5.41, 5.74) is 0. The minimum absolute atomic E-state index is 0.402. The van der Waals surface area contributed by atoms with Crippen LogP contribution in [0.4, 0.5) is 0 Å². The lowest BCUT2D eigenvalue weighted by molar-refractivity contribution is -0.124. The average molecular weight is 312 g/mol. The highest BCUT2D eigenvalue weighted by atomic mass is 79.9. The van der Waals surface area contributed by atoms with Gasteiger partial charge in [0.25, 0.3) is 0 Å². The lowest BCUT2D eigenvalue weighted by Crippen LogP contribution is -2.39. The Hall–Kier alpha value is -0.0500. The van der Waals surface area contributed by atoms with Gasteiger partial charge in [-0.1, -0.05) is 22.4 Å². The van der Waals surface area contributed by atoms with Gasteiger partial charge >= 0.3 is 0 Å². The number of carbonyl (C=O) groups excluding carboxylic acids is 1. The van der Waals surface area contributed by atoms with Crippen LogP contribution >= 0.6 is 15.9 Å². The van der Waals surface area contributed by atoms with Gasteiger partial charge in [-0.15, -0.1) is 0 Å². The maximum Gasteiger partial charge on any atom is 0.223 e. The van der Waals surface area contributed by atoms with E-state index in [1.54, 1.807) is 0 Å². The van der Waals surface area contributed by atoms with Crippen LogP contribution in [0, 0.1) is 35.5 Å². The van der Waals surface area contributed by atoms with E-state index in [0.29, 0.717) is 23.8 Å². The zero-order chi connectivity index (χ0) is 12.3. The predicted molar refractivity (Wildman–Crippen MR) is 74.4 cm³/mol. The van der Waals surface area contributed by atoms with Crippen molar-refractivity contribution in [3.8, 4) is 0 Å². The molecule has 2 bridgehead atoms. The van der Waals surface area contributed by atoms with Crippen molar-refractivity contribution in [2.24, 2.45) is 35.5 Å². The first-order valence-corrected chi connectivity index (χ1v) is 8.78. The SMILES string of the molecule is O=C(NC1CCCC1CBr)C1C2C3CCC(C3)C12. The lowest BCUT2D eigenvalue weighted by atomic mass is 10.0. The molecule has 0 saturated heterocycles. The molecule has 4 fully saturated rings. The highest BCUT2D eigenvalue weighted by Crippen LogP contribution is 2.69. The molecule has 100 valence electrons. The number of carbonyl (C=O) groups is 1. The second-order valence-electron chi connectivity index (χ2n) is 6.97. The summed E-state index contributed by atoms with van der Waals surface area (Å²) in [4.78, 5) is 12.4. The Labute approximate surface area is 117 Å². The van der Waals surface area contributed by atoms with E-state index in [0.717, 1.165) is 29.0 Å². The molecule has 0 heterocycles. The maximum absolute atomic E-state index is 12.4. The van der Waals surface area contributed by atoms with Crippen LogP contribution in [0.25, 0.3) is 0 Å². The largest absolute Gasteiger partial charge is 0.353 e. The molecule has 0 radical (unpaired) electrons. The third-order valence-electron chi connectivity index (χ3n) is 6.22. The molecule has 4 aliphatic rings. The van der Waals surface area contributed by atoms with Crippen molar-refractivity contribution in [3.05, 3.63) is 0 Å². The first-order valence-electron chi connectivity index (χ1n) is 7.66. The van der Waals surface area contributed by atoms with E-state index in [1.807, 2.05) is 0 Å². The number of hydrogen-bond donors (Lipinski definition) is 1. The van der Waals surface area contributed by atoms with Crippen molar-refractivity contribution in [2.45, 2.75) is 44.6 Å². The number of rotatable bonds is 3. The smallest absolute Gasteiger partial charge is 0.223 e. The van der Waals surface area contributed by atoms with Crippen LogP contribution in [-0.4, -0.2) is 17.3 Å². The number of hydrogen-bond acceptors (Lipinski definition) is 1. The summed E-state index contributed by atoms with van der Waals surface area (Å²) >= 11 is 3.59. The summed E-state index contributed by atoms with van der Waals surface area (Å²) in [6, 6.07) is 0.454. The molecule has 18 heavy (non-hydrogen) atoms. The van der Waals surface area contributed by atoms with E-state index in [9.17, 15) is 4.79 Å². The lowest BCUT2D eigenvalue weighted by Gasteiger charge is -2.20. The number of nitrogens with one attached hydrogen (secondary N) is 1. The topological polar surface area (TPSA) is 29.1 Å². The standard InChI is InChI=1S/C15H22BrNO/c16-7-10-2-1-3-11(10)17-15(18)14-12-8-4-5-9(6-8)13(12)14/h8-14H,1-7H2,(H,17,18). The van der Waals surface area contributed by atoms with Crippen molar-refractivity contribution in [2.75, 3.05) is 5.33 Å². The van der Waals surface area contributed by atoms with E-state index in [1.165, 1.54) is 38.5 Å². The van der Waals surface area contributed by atoms with Gasteiger partial charge in [0.2, 0.25) is 5.91 Å². The second-order valence-corrected chi connectivity index (χ2v) is 7.62. The summed E-state index contributed by atoms with van der Waals surface area (Å²) in [5, 5.41) is 4.41. The van der Waals surface area contributed by atoms with Crippen molar-refractivity contribution >= 4 is 21.8 Å². The quantitative estimate of drug-likeness (QED) is 0.798. The van der Waals surface area contributed by atoms with Gasteiger partial charge in [-0.05, 0) is 61.7 Å². The summed E-state index contributed by atoms with van der Waals surface area (Å²) in [5.74, 6) is 4.87. The number of amides is 1. The van der Waals surface area contributed by atoms with E-state index >= 15 is 0 Å². The summed E-state index contributed by atoms with van der Waals surface area (Å²) in [6.07, 6.45) is 8.00. The third-order valence-corrected chi connectivity index (χ3v) is 7.05. The van der Waals surface area contributed by atoms with E-state index in [2.05, 4.69) is 21.2 Å². The van der Waals surface area contributed by atoms with Crippen molar-refractivity contribution < 1.29 is 4.79 Å². The summed E-state index contributed by atoms with van der Waals surface area (Å²) in [7, 11) is 0. The molecule has 4 saturated carbocycles. The molecule has 4 aliphatic carbocycles. The molecule has 0 aromatic carbocycles. The molecule has 0 aromatic heterocycles. The first kappa shape index (κ1) is 11.7. The van der Waals surface area contributed by atoms with Crippen LogP contribution < -0.4 is 5.32 Å². The van der Waals surface area contributed by atoms with E-state index in [4.69, 9.17) is 0 Å². The van der Waals surface area contributed by atoms with Crippen molar-refractivity contribution in [1.29, 1.82) is 0 Å². The van der Waals surface area contributed by atoms with Gasteiger partial charge in [-0.2, -0.15) is 0 Å². The molecule has 6 unspecified atom stereocenters. The maximum atomic E-state index is 12.4. The van der Waals surface area contributed by atoms with Crippen LogP contribution in [-0.2, 0) is 4.79 Å². The van der Waals surface area contributed by atoms with Gasteiger partial charge in [0, 0.05) is 17.3 Å². The molecule has 2 nitrogen and oxygen atoms in total. The fraction of sp³-hybridized carbons (Fsp3) is 0.933. The minimum atomic E-state index is 0.402. The molecule has 0 aliphatic heterocycles. The Bertz CT molecular complexity index is 356. The third kappa shape index (κ3) is 1.62. The van der Waals surface area contributed by atoms with Gasteiger partial charge in [-0.3, -0.25) is 4.79 Å². The molecule has 6 atom stereocenters. The monoisotopic (exact) mass is 311 g/mol. The number of halogens is 1. The Balaban J connectivity index is 1.38. The number of alkyl halides is 1. The van der Waals surface area contributed by atoms with Gasteiger partial charge in [0.05, 0.1) is 0 Å². The number of fused-ring (bicyclic) bond motifs is 5. The molecule has 0 aromatic rings. The van der Waals surface area contributed by atoms with Crippen LogP contribution in [0.1, 0.15) is 38.5 Å². The van der Waals surface area contributed by atoms with Gasteiger partial charge < -0.3 is 5.32 Å². The van der Waals surface area contributed by atoms with Crippen molar-refractivity contribution in [3.63, 3.8) is 0 Å². The zero-order valence-electron chi connectivity index (χ0n) is 10.8. The van der Waals surface area contributed by atoms with E-state index < -0.39 is 0 Å². The van der Waals surface area contributed by atoms with Crippen LogP contribution in [0.2, 0.25) is 0 Å². The van der Waals surface area contributed by atoms with Crippen molar-refractivity contribution in [1.82, 2.24) is 5.32 Å². The van der Waals surface area contributed by atoms with Gasteiger partial charge in [0.15, 0.2) is 0 Å². The Morgan fingerprint density at radius 2 is 1.83 bits per heavy atom. The molecule has 3 heteroatoms. The molecule has 4 rings (SSSR count). The second kappa shape index (κ2) is 4.22. The summed E-state index contributed by atoms with van der Waals surface area (Å²) in [6.45, 7) is 0. The fourth-order valence-corrected chi connectivity index (χ4v) is 6.14. The Morgan fingerprint density at radius 1 is 1.11 bits per heavy atom. The highest BCUT2D eigenvalue weighted by molar-refractivity contribution is 9.09. The normalized spacial score (nSPS) is 52.4. The Morgan fingerprint density at radius 3 is 2.50 bits per heavy atom. The molecular formula is C15H22BrNO. The summed E-state index contributed by atoms with van der Waals surface area (Å²) < 4.78 is 0. The molecular weight excluding hydrogens is 290 g/mol. The average Bonchev–Trinajstić information content (AvgIpc) is 2.73. The van der Waals surface area contributed by atoms with Gasteiger partial charge in [0.1, 0.15) is 0 Å². The fourth-order valence-electron chi connectivity index (χ4n) is 5.37. The van der Waals surface area contributed by atoms with Crippen LogP contribution in [0.5, 0.6) is 0 Å².